The smallest absolute Gasteiger partial charge is 0.744 e. The number of aliphatic imine (C=N–C) groups is 3. The Bertz CT molecular complexity index is 4840. The third-order valence-electron chi connectivity index (χ3n) is 12.7. The number of Topliss-reactive ketones (excluding diaryl/α,β-unsaturated/α-hetero) is 3. The zero-order valence-corrected chi connectivity index (χ0v) is 49.0. The van der Waals surface area contributed by atoms with E-state index in [9.17, 15) is 108 Å². The molecule has 0 bridgehead atoms. The summed E-state index contributed by atoms with van der Waals surface area (Å²) in [6.07, 6.45) is 0. The summed E-state index contributed by atoms with van der Waals surface area (Å²) in [5.74, 6) is -3.72. The molecule has 0 radical (unpaired) electrons. The van der Waals surface area contributed by atoms with Gasteiger partial charge in [0.05, 0.1) is 63.1 Å². The molecule has 0 saturated carbocycles. The molecule has 9 aromatic rings. The van der Waals surface area contributed by atoms with E-state index in [2.05, 4.69) is 29.9 Å². The first-order valence-electron chi connectivity index (χ1n) is 22.5. The van der Waals surface area contributed by atoms with E-state index in [4.69, 9.17) is 0 Å². The van der Waals surface area contributed by atoms with E-state index < -0.39 is 125 Å². The summed E-state index contributed by atoms with van der Waals surface area (Å²) >= 11 is 0. The number of fused-ring (bicyclic) bond motifs is 6. The number of aromatic nitrogens is 3. The Hall–Kier alpha value is -8.12. The Morgan fingerprint density at radius 2 is 0.512 bits per heavy atom. The first-order valence-corrected chi connectivity index (χ1v) is 31.0. The molecule has 0 unspecified atom stereocenters. The van der Waals surface area contributed by atoms with Crippen molar-refractivity contribution in [2.45, 2.75) is 29.4 Å². The van der Waals surface area contributed by atoms with E-state index >= 15 is 0 Å². The summed E-state index contributed by atoms with van der Waals surface area (Å²) in [5.41, 5.74) is -0.516. The molecule has 12 rings (SSSR count). The molecular formula is C48H24Al2N6O24S6. The Kier molecular flexibility index (Phi) is 16.3. The number of nitrogens with zero attached hydrogens (tertiary/aromatic N) is 3. The topological polar surface area (TPSA) is 540 Å². The number of aromatic hydroxyl groups is 3. The molecule has 0 aliphatic carbocycles. The third kappa shape index (κ3) is 11.8. The fraction of sp³-hybridized carbons (Fsp3) is 0. The van der Waals surface area contributed by atoms with Crippen molar-refractivity contribution in [3.8, 4) is 17.2 Å². The van der Waals surface area contributed by atoms with E-state index in [-0.39, 0.29) is 135 Å². The average Bonchev–Trinajstić information content (AvgIpc) is 2.72. The van der Waals surface area contributed by atoms with Crippen LogP contribution in [-0.4, -0.2) is 177 Å². The number of benzene rings is 6. The van der Waals surface area contributed by atoms with Gasteiger partial charge in [-0.1, -0.05) is 0 Å². The maximum atomic E-state index is 12.6. The first kappa shape index (κ1) is 63.9. The molecule has 3 aromatic heterocycles. The largest absolute Gasteiger partial charge is 3.00 e. The monoisotopic (exact) mass is 1310 g/mol. The maximum Gasteiger partial charge on any atom is 3.00 e. The van der Waals surface area contributed by atoms with Crippen LogP contribution in [0.15, 0.2) is 154 Å². The van der Waals surface area contributed by atoms with Gasteiger partial charge in [0.1, 0.15) is 94.9 Å². The predicted octanol–water partition coefficient (Wildman–Crippen LogP) is 2.23. The van der Waals surface area contributed by atoms with Gasteiger partial charge in [-0.2, -0.15) is 0 Å². The standard InChI is InChI=1S/3C16H10N2O8S2.2Al/c3*19-15-9-5-7(27(21,22)23)1-3-11(9)17-13(15)14-16(20)10-6-8(28(24,25)26)2-4-12(10)18-14;;/h3*1-6,17,19H,(H,21,22,23)(H,24,25,26);;/q;;;2*+3/p-6. The molecule has 86 heavy (non-hydrogen) atoms. The number of hydrogen-bond donors (Lipinski definition) is 6. The van der Waals surface area contributed by atoms with Crippen LogP contribution in [0.4, 0.5) is 17.1 Å². The molecule has 0 amide bonds. The Morgan fingerprint density at radius 1 is 0.314 bits per heavy atom. The molecule has 38 heteroatoms. The molecule has 3 aliphatic heterocycles. The van der Waals surface area contributed by atoms with Crippen LogP contribution in [0.5, 0.6) is 17.2 Å². The van der Waals surface area contributed by atoms with Gasteiger partial charge in [-0.25, -0.2) is 65.5 Å². The molecule has 0 fully saturated rings. The normalized spacial score (nSPS) is 14.0. The molecule has 6 N–H and O–H groups in total. The van der Waals surface area contributed by atoms with Gasteiger partial charge in [0, 0.05) is 32.7 Å². The van der Waals surface area contributed by atoms with Crippen molar-refractivity contribution >= 4 is 180 Å². The fourth-order valence-electron chi connectivity index (χ4n) is 8.71. The van der Waals surface area contributed by atoms with E-state index in [0.717, 1.165) is 72.8 Å². The average molecular weight is 1320 g/mol. The second kappa shape index (κ2) is 22.0. The van der Waals surface area contributed by atoms with Gasteiger partial charge >= 0.3 is 34.7 Å². The maximum absolute atomic E-state index is 12.6. The number of carbonyl (C=O) groups excluding carboxylic acids is 3. The van der Waals surface area contributed by atoms with Crippen LogP contribution in [0, 0.1) is 0 Å². The van der Waals surface area contributed by atoms with Gasteiger partial charge in [0.2, 0.25) is 17.3 Å². The van der Waals surface area contributed by atoms with Crippen LogP contribution in [-0.2, 0) is 60.7 Å². The summed E-state index contributed by atoms with van der Waals surface area (Å²) in [7, 11) is -28.6. The second-order valence-corrected chi connectivity index (χ2v) is 26.1. The zero-order chi connectivity index (χ0) is 61.3. The van der Waals surface area contributed by atoms with Crippen LogP contribution in [0.2, 0.25) is 0 Å². The number of H-pyrrole nitrogens is 3. The van der Waals surface area contributed by atoms with Gasteiger partial charge in [-0.15, -0.1) is 0 Å². The van der Waals surface area contributed by atoms with E-state index in [1.54, 1.807) is 0 Å². The minimum atomic E-state index is -4.77. The molecule has 30 nitrogen and oxygen atoms in total. The van der Waals surface area contributed by atoms with Crippen molar-refractivity contribution in [1.29, 1.82) is 0 Å². The SMILES string of the molecule is O=C1C(c2[nH]c3ccc(S(=O)(=O)[O-])cc3c2O)=Nc2ccc(S(=O)(=O)[O-])cc21.O=C1C(c2[nH]c3ccc(S(=O)(=O)[O-])cc3c2O)=Nc2ccc(S(=O)(=O)[O-])cc21.O=C1C(c2[nH]c3ccc(S(=O)(=O)[O-])cc3c2O)=Nc2ccc(S(=O)(=O)[O-])cc21.[Al+3].[Al+3]. The molecule has 432 valence electrons. The minimum Gasteiger partial charge on any atom is -0.744 e. The summed E-state index contributed by atoms with van der Waals surface area (Å²) in [5, 5.41) is 31.2. The number of hydrogen-bond acceptors (Lipinski definition) is 27. The zero-order valence-electron chi connectivity index (χ0n) is 41.8. The van der Waals surface area contributed by atoms with Gasteiger partial charge < -0.3 is 57.6 Å². The predicted molar refractivity (Wildman–Crippen MR) is 290 cm³/mol. The van der Waals surface area contributed by atoms with Crippen LogP contribution in [0.1, 0.15) is 48.2 Å². The van der Waals surface area contributed by atoms with E-state index in [1.807, 2.05) is 0 Å². The Morgan fingerprint density at radius 3 is 0.721 bits per heavy atom. The van der Waals surface area contributed by atoms with Crippen molar-refractivity contribution in [2.75, 3.05) is 0 Å². The van der Waals surface area contributed by atoms with Crippen molar-refractivity contribution in [2.24, 2.45) is 15.0 Å². The van der Waals surface area contributed by atoms with Crippen molar-refractivity contribution in [1.82, 2.24) is 15.0 Å². The van der Waals surface area contributed by atoms with Gasteiger partial charge in [-0.05, 0) is 109 Å². The van der Waals surface area contributed by atoms with Crippen LogP contribution >= 0.6 is 0 Å². The number of nitrogens with one attached hydrogen (secondary N) is 3. The number of ketones is 3. The Labute approximate surface area is 503 Å². The third-order valence-corrected chi connectivity index (χ3v) is 17.6. The van der Waals surface area contributed by atoms with Crippen LogP contribution in [0.25, 0.3) is 32.7 Å². The first-order chi connectivity index (χ1) is 38.9. The van der Waals surface area contributed by atoms with E-state index in [0.29, 0.717) is 0 Å². The second-order valence-electron chi connectivity index (χ2n) is 17.8. The van der Waals surface area contributed by atoms with Gasteiger partial charge in [0.25, 0.3) is 0 Å². The molecule has 6 heterocycles. The van der Waals surface area contributed by atoms with Crippen LogP contribution < -0.4 is 0 Å². The van der Waals surface area contributed by atoms with Gasteiger partial charge in [-0.3, -0.25) is 14.4 Å². The molecule has 0 atom stereocenters. The van der Waals surface area contributed by atoms with E-state index in [1.165, 1.54) is 36.4 Å². The summed E-state index contributed by atoms with van der Waals surface area (Å²) in [6.45, 7) is 0. The number of aromatic amines is 3. The van der Waals surface area contributed by atoms with Crippen molar-refractivity contribution in [3.63, 3.8) is 0 Å². The molecule has 3 aliphatic rings. The molecular weight excluding hydrogens is 1290 g/mol. The molecule has 6 aromatic carbocycles. The fourth-order valence-corrected chi connectivity index (χ4v) is 11.7. The quantitative estimate of drug-likeness (QED) is 0.0891. The Balaban J connectivity index is 0.000000166. The minimum absolute atomic E-state index is 0. The van der Waals surface area contributed by atoms with Crippen molar-refractivity contribution < 1.29 is 108 Å². The number of rotatable bonds is 9. The summed E-state index contributed by atoms with van der Waals surface area (Å²) < 4.78 is 201. The van der Waals surface area contributed by atoms with Crippen LogP contribution in [0.3, 0.4) is 0 Å². The molecule has 0 spiro atoms. The van der Waals surface area contributed by atoms with Gasteiger partial charge in [0.15, 0.2) is 17.2 Å². The summed E-state index contributed by atoms with van der Waals surface area (Å²) in [6, 6.07) is 19.1. The number of carbonyl (C=O) groups is 3. The van der Waals surface area contributed by atoms with Crippen molar-refractivity contribution in [3.05, 3.63) is 143 Å². The summed E-state index contributed by atoms with van der Waals surface area (Å²) in [4.78, 5) is 54.7. The molecule has 0 saturated heterocycles.